The molecule has 0 radical (unpaired) electrons. The van der Waals surface area contributed by atoms with Crippen molar-refractivity contribution in [3.05, 3.63) is 59.5 Å². The van der Waals surface area contributed by atoms with E-state index in [1.165, 1.54) is 7.11 Å². The molecule has 0 aliphatic carbocycles. The summed E-state index contributed by atoms with van der Waals surface area (Å²) in [6.07, 6.45) is 1.59. The zero-order valence-corrected chi connectivity index (χ0v) is 15.1. The first-order chi connectivity index (χ1) is 13.2. The SMILES string of the molecule is COCC(=O)N(Cc1ccco1)Cc1cc2cc(C)ccc2n2nnnc12. The molecule has 1 aromatic carbocycles. The summed E-state index contributed by atoms with van der Waals surface area (Å²) in [7, 11) is 1.50. The van der Waals surface area contributed by atoms with E-state index in [1.54, 1.807) is 21.7 Å². The molecule has 0 N–H and O–H groups in total. The highest BCUT2D eigenvalue weighted by Gasteiger charge is 2.19. The quantitative estimate of drug-likeness (QED) is 0.521. The Morgan fingerprint density at radius 1 is 1.26 bits per heavy atom. The molecule has 3 aromatic heterocycles. The number of rotatable bonds is 6. The number of nitrogens with zero attached hydrogens (tertiary/aromatic N) is 5. The summed E-state index contributed by atoms with van der Waals surface area (Å²) in [6.45, 7) is 2.72. The van der Waals surface area contributed by atoms with E-state index >= 15 is 0 Å². The number of ether oxygens (including phenoxy) is 1. The number of hydrogen-bond acceptors (Lipinski definition) is 6. The van der Waals surface area contributed by atoms with Crippen LogP contribution in [0.2, 0.25) is 0 Å². The number of carbonyl (C=O) groups is 1. The highest BCUT2D eigenvalue weighted by atomic mass is 16.5. The van der Waals surface area contributed by atoms with Crippen LogP contribution in [0.5, 0.6) is 0 Å². The Morgan fingerprint density at radius 2 is 2.15 bits per heavy atom. The Labute approximate surface area is 155 Å². The van der Waals surface area contributed by atoms with Crippen molar-refractivity contribution in [3.8, 4) is 0 Å². The van der Waals surface area contributed by atoms with Crippen LogP contribution in [-0.2, 0) is 22.6 Å². The number of benzene rings is 1. The Kier molecular flexibility index (Phi) is 4.55. The number of tetrazole rings is 1. The second-order valence-electron chi connectivity index (χ2n) is 6.41. The van der Waals surface area contributed by atoms with Crippen LogP contribution < -0.4 is 0 Å². The smallest absolute Gasteiger partial charge is 0.249 e. The minimum Gasteiger partial charge on any atom is -0.467 e. The molecule has 4 rings (SSSR count). The van der Waals surface area contributed by atoms with Crippen molar-refractivity contribution in [3.63, 3.8) is 0 Å². The molecule has 0 fully saturated rings. The molecule has 0 unspecified atom stereocenters. The van der Waals surface area contributed by atoms with E-state index < -0.39 is 0 Å². The van der Waals surface area contributed by atoms with Crippen molar-refractivity contribution >= 4 is 22.5 Å². The molecule has 1 amide bonds. The summed E-state index contributed by atoms with van der Waals surface area (Å²) in [4.78, 5) is 14.2. The maximum Gasteiger partial charge on any atom is 0.249 e. The molecule has 4 aromatic rings. The van der Waals surface area contributed by atoms with Crippen LogP contribution in [0.15, 0.2) is 47.1 Å². The van der Waals surface area contributed by atoms with Gasteiger partial charge in [-0.3, -0.25) is 4.79 Å². The maximum absolute atomic E-state index is 12.6. The van der Waals surface area contributed by atoms with Crippen LogP contribution >= 0.6 is 0 Å². The first-order valence-corrected chi connectivity index (χ1v) is 8.55. The Balaban J connectivity index is 1.76. The number of methoxy groups -OCH3 is 1. The molecule has 138 valence electrons. The monoisotopic (exact) mass is 365 g/mol. The Bertz CT molecular complexity index is 1090. The lowest BCUT2D eigenvalue weighted by Crippen LogP contribution is -2.33. The van der Waals surface area contributed by atoms with Gasteiger partial charge in [0.1, 0.15) is 12.4 Å². The Hall–Kier alpha value is -3.26. The fourth-order valence-electron chi connectivity index (χ4n) is 3.14. The van der Waals surface area contributed by atoms with Gasteiger partial charge in [0.25, 0.3) is 0 Å². The second-order valence-corrected chi connectivity index (χ2v) is 6.41. The van der Waals surface area contributed by atoms with Crippen LogP contribution in [0.3, 0.4) is 0 Å². The third kappa shape index (κ3) is 3.39. The van der Waals surface area contributed by atoms with Crippen molar-refractivity contribution in [1.29, 1.82) is 0 Å². The summed E-state index contributed by atoms with van der Waals surface area (Å²) in [5.41, 5.74) is 3.55. The minimum atomic E-state index is -0.135. The fourth-order valence-corrected chi connectivity index (χ4v) is 3.14. The van der Waals surface area contributed by atoms with Crippen LogP contribution in [0.1, 0.15) is 16.9 Å². The Morgan fingerprint density at radius 3 is 2.93 bits per heavy atom. The molecule has 0 aliphatic rings. The number of aryl methyl sites for hydroxylation is 1. The molecule has 0 spiro atoms. The first kappa shape index (κ1) is 17.2. The van der Waals surface area contributed by atoms with Crippen LogP contribution in [0.25, 0.3) is 16.6 Å². The van der Waals surface area contributed by atoms with Gasteiger partial charge in [0.2, 0.25) is 5.91 Å². The molecule has 27 heavy (non-hydrogen) atoms. The van der Waals surface area contributed by atoms with Crippen LogP contribution in [0, 0.1) is 6.92 Å². The lowest BCUT2D eigenvalue weighted by molar-refractivity contribution is -0.136. The summed E-state index contributed by atoms with van der Waals surface area (Å²) in [5, 5.41) is 13.1. The predicted octanol–water partition coefficient (Wildman–Crippen LogP) is 2.35. The summed E-state index contributed by atoms with van der Waals surface area (Å²) < 4.78 is 12.1. The van der Waals surface area contributed by atoms with Gasteiger partial charge in [-0.15, -0.1) is 5.10 Å². The van der Waals surface area contributed by atoms with E-state index in [0.717, 1.165) is 22.0 Å². The number of aromatic nitrogens is 4. The molecule has 3 heterocycles. The fraction of sp³-hybridized carbons (Fsp3) is 0.263. The summed E-state index contributed by atoms with van der Waals surface area (Å²) in [5.74, 6) is 0.565. The maximum atomic E-state index is 12.6. The molecule has 0 aliphatic heterocycles. The van der Waals surface area contributed by atoms with Crippen molar-refractivity contribution in [2.24, 2.45) is 0 Å². The van der Waals surface area contributed by atoms with Crippen LogP contribution in [-0.4, -0.2) is 44.6 Å². The lowest BCUT2D eigenvalue weighted by atomic mass is 10.1. The van der Waals surface area contributed by atoms with Crippen LogP contribution in [0.4, 0.5) is 0 Å². The van der Waals surface area contributed by atoms with E-state index in [2.05, 4.69) is 21.6 Å². The first-order valence-electron chi connectivity index (χ1n) is 8.55. The number of furan rings is 1. The molecular weight excluding hydrogens is 346 g/mol. The van der Waals surface area contributed by atoms with Gasteiger partial charge in [0.05, 0.1) is 24.9 Å². The van der Waals surface area contributed by atoms with E-state index in [4.69, 9.17) is 9.15 Å². The van der Waals surface area contributed by atoms with Gasteiger partial charge in [0.15, 0.2) is 5.65 Å². The molecule has 8 heteroatoms. The highest BCUT2D eigenvalue weighted by molar-refractivity contribution is 5.84. The highest BCUT2D eigenvalue weighted by Crippen LogP contribution is 2.22. The number of carbonyl (C=O) groups excluding carboxylic acids is 1. The van der Waals surface area contributed by atoms with Gasteiger partial charge in [-0.25, -0.2) is 0 Å². The standard InChI is InChI=1S/C19H19N5O3/c1-13-5-6-17-14(8-13)9-15(19-20-21-22-24(17)19)10-23(18(25)12-26-2)11-16-4-3-7-27-16/h3-9H,10-12H2,1-2H3. The number of pyridine rings is 1. The number of fused-ring (bicyclic) bond motifs is 3. The predicted molar refractivity (Wildman–Crippen MR) is 97.9 cm³/mol. The zero-order valence-electron chi connectivity index (χ0n) is 15.1. The average Bonchev–Trinajstić information content (AvgIpc) is 3.33. The van der Waals surface area contributed by atoms with Gasteiger partial charge in [0, 0.05) is 18.1 Å². The van der Waals surface area contributed by atoms with Crippen molar-refractivity contribution in [2.45, 2.75) is 20.0 Å². The van der Waals surface area contributed by atoms with Gasteiger partial charge >= 0.3 is 0 Å². The van der Waals surface area contributed by atoms with Crippen molar-refractivity contribution in [1.82, 2.24) is 24.9 Å². The van der Waals surface area contributed by atoms with E-state index in [9.17, 15) is 4.79 Å². The zero-order chi connectivity index (χ0) is 18.8. The third-order valence-corrected chi connectivity index (χ3v) is 4.41. The van der Waals surface area contributed by atoms with Gasteiger partial charge < -0.3 is 14.1 Å². The van der Waals surface area contributed by atoms with Gasteiger partial charge in [-0.2, -0.15) is 4.52 Å². The molecule has 0 atom stereocenters. The molecule has 0 saturated heterocycles. The molecule has 0 saturated carbocycles. The summed E-state index contributed by atoms with van der Waals surface area (Å²) in [6, 6.07) is 11.8. The van der Waals surface area contributed by atoms with Crippen molar-refractivity contribution in [2.75, 3.05) is 13.7 Å². The normalized spacial score (nSPS) is 11.3. The minimum absolute atomic E-state index is 0.00533. The van der Waals surface area contributed by atoms with Crippen molar-refractivity contribution < 1.29 is 13.9 Å². The number of amides is 1. The summed E-state index contributed by atoms with van der Waals surface area (Å²) >= 11 is 0. The molecule has 0 bridgehead atoms. The topological polar surface area (TPSA) is 85.8 Å². The third-order valence-electron chi connectivity index (χ3n) is 4.41. The lowest BCUT2D eigenvalue weighted by Gasteiger charge is -2.22. The molecule has 8 nitrogen and oxygen atoms in total. The molecular formula is C19H19N5O3. The second kappa shape index (κ2) is 7.16. The van der Waals surface area contributed by atoms with E-state index in [-0.39, 0.29) is 12.5 Å². The van der Waals surface area contributed by atoms with E-state index in [0.29, 0.717) is 24.5 Å². The van der Waals surface area contributed by atoms with E-state index in [1.807, 2.05) is 31.2 Å². The average molecular weight is 365 g/mol. The van der Waals surface area contributed by atoms with Gasteiger partial charge in [-0.1, -0.05) is 11.6 Å². The largest absolute Gasteiger partial charge is 0.467 e. The van der Waals surface area contributed by atoms with Gasteiger partial charge in [-0.05, 0) is 47.7 Å². The number of hydrogen-bond donors (Lipinski definition) is 0.